The van der Waals surface area contributed by atoms with Gasteiger partial charge in [-0.25, -0.2) is 0 Å². The van der Waals surface area contributed by atoms with Crippen LogP contribution in [0.3, 0.4) is 0 Å². The summed E-state index contributed by atoms with van der Waals surface area (Å²) in [6, 6.07) is 3.58. The number of hydrogen-bond acceptors (Lipinski definition) is 3. The van der Waals surface area contributed by atoms with Gasteiger partial charge in [0, 0.05) is 16.3 Å². The van der Waals surface area contributed by atoms with Crippen molar-refractivity contribution in [3.05, 3.63) is 23.1 Å². The number of hydrogen-bond donors (Lipinski definition) is 2. The van der Waals surface area contributed by atoms with Gasteiger partial charge in [0.2, 0.25) is 0 Å². The van der Waals surface area contributed by atoms with E-state index in [2.05, 4.69) is 0 Å². The second-order valence-electron chi connectivity index (χ2n) is 2.91. The third-order valence-electron chi connectivity index (χ3n) is 2.17. The van der Waals surface area contributed by atoms with Gasteiger partial charge in [-0.05, 0) is 23.3 Å². The molecule has 68 valence electrons. The number of phenols is 2. The fourth-order valence-electron chi connectivity index (χ4n) is 1.51. The predicted octanol–water partition coefficient (Wildman–Crippen LogP) is 2.87. The average Bonchev–Trinajstić information content (AvgIpc) is 2.54. The van der Waals surface area contributed by atoms with Gasteiger partial charge < -0.3 is 10.2 Å². The summed E-state index contributed by atoms with van der Waals surface area (Å²) in [5.74, 6) is 0.000185. The van der Waals surface area contributed by atoms with E-state index < -0.39 is 0 Å². The van der Waals surface area contributed by atoms with Gasteiger partial charge in [0.05, 0.1) is 0 Å². The zero-order valence-corrected chi connectivity index (χ0v) is 8.06. The highest BCUT2D eigenvalue weighted by Gasteiger charge is 2.10. The van der Waals surface area contributed by atoms with Crippen LogP contribution >= 0.6 is 11.3 Å². The van der Waals surface area contributed by atoms with Crippen LogP contribution in [-0.4, -0.2) is 10.2 Å². The van der Waals surface area contributed by atoms with Crippen LogP contribution in [0.25, 0.3) is 10.1 Å². The molecule has 0 bridgehead atoms. The first kappa shape index (κ1) is 8.38. The highest BCUT2D eigenvalue weighted by atomic mass is 32.1. The third kappa shape index (κ3) is 1.16. The van der Waals surface area contributed by atoms with Crippen LogP contribution in [0.1, 0.15) is 12.5 Å². The van der Waals surface area contributed by atoms with E-state index in [9.17, 15) is 10.2 Å². The maximum atomic E-state index is 9.57. The Labute approximate surface area is 80.1 Å². The Bertz CT molecular complexity index is 445. The number of phenolic OH excluding ortho intramolecular Hbond substituents is 2. The summed E-state index contributed by atoms with van der Waals surface area (Å²) in [6.45, 7) is 1.96. The van der Waals surface area contributed by atoms with E-state index in [0.29, 0.717) is 0 Å². The van der Waals surface area contributed by atoms with Crippen LogP contribution in [0, 0.1) is 0 Å². The van der Waals surface area contributed by atoms with Crippen molar-refractivity contribution in [1.29, 1.82) is 0 Å². The number of aryl methyl sites for hydroxylation is 1. The summed E-state index contributed by atoms with van der Waals surface area (Å²) >= 11 is 1.57. The van der Waals surface area contributed by atoms with Crippen molar-refractivity contribution in [3.63, 3.8) is 0 Å². The average molecular weight is 194 g/mol. The minimum Gasteiger partial charge on any atom is -0.504 e. The smallest absolute Gasteiger partial charge is 0.161 e. The van der Waals surface area contributed by atoms with E-state index >= 15 is 0 Å². The predicted molar refractivity (Wildman–Crippen MR) is 54.5 cm³/mol. The van der Waals surface area contributed by atoms with Gasteiger partial charge in [-0.1, -0.05) is 6.92 Å². The first-order valence-electron chi connectivity index (χ1n) is 4.15. The van der Waals surface area contributed by atoms with Gasteiger partial charge >= 0.3 is 0 Å². The third-order valence-corrected chi connectivity index (χ3v) is 3.03. The second kappa shape index (κ2) is 2.92. The quantitative estimate of drug-likeness (QED) is 0.685. The molecular formula is C10H10O2S. The topological polar surface area (TPSA) is 40.5 Å². The molecular weight excluding hydrogens is 184 g/mol. The van der Waals surface area contributed by atoms with Crippen molar-refractivity contribution in [2.45, 2.75) is 13.3 Å². The molecule has 3 heteroatoms. The minimum atomic E-state index is -0.0215. The standard InChI is InChI=1S/C10H10O2S/c1-2-6-7-3-4-13-9(7)5-8(11)10(6)12/h3-5,11-12H,2H2,1H3. The Morgan fingerprint density at radius 1 is 1.38 bits per heavy atom. The fourth-order valence-corrected chi connectivity index (χ4v) is 2.36. The number of rotatable bonds is 1. The first-order chi connectivity index (χ1) is 6.24. The summed E-state index contributed by atoms with van der Waals surface area (Å²) in [5, 5.41) is 22.0. The molecule has 0 aliphatic heterocycles. The molecule has 0 saturated carbocycles. The van der Waals surface area contributed by atoms with Crippen LogP contribution in [0.5, 0.6) is 11.5 Å². The number of thiophene rings is 1. The van der Waals surface area contributed by atoms with Crippen molar-refractivity contribution in [2.75, 3.05) is 0 Å². The second-order valence-corrected chi connectivity index (χ2v) is 3.86. The normalized spacial score (nSPS) is 10.8. The van der Waals surface area contributed by atoms with E-state index in [1.165, 1.54) is 0 Å². The lowest BCUT2D eigenvalue weighted by Crippen LogP contribution is -1.82. The monoisotopic (exact) mass is 194 g/mol. The molecule has 2 nitrogen and oxygen atoms in total. The van der Waals surface area contributed by atoms with Crippen LogP contribution in [0.2, 0.25) is 0 Å². The van der Waals surface area contributed by atoms with Crippen LogP contribution in [-0.2, 0) is 6.42 Å². The van der Waals surface area contributed by atoms with Gasteiger partial charge in [0.25, 0.3) is 0 Å². The Hall–Kier alpha value is -1.22. The number of aromatic hydroxyl groups is 2. The molecule has 0 aliphatic carbocycles. The molecule has 0 amide bonds. The molecule has 13 heavy (non-hydrogen) atoms. The van der Waals surface area contributed by atoms with E-state index in [1.54, 1.807) is 17.4 Å². The molecule has 0 spiro atoms. The SMILES string of the molecule is CCc1c(O)c(O)cc2sccc12. The fraction of sp³-hybridized carbons (Fsp3) is 0.200. The van der Waals surface area contributed by atoms with E-state index in [0.717, 1.165) is 22.1 Å². The van der Waals surface area contributed by atoms with Gasteiger partial charge in [-0.15, -0.1) is 11.3 Å². The lowest BCUT2D eigenvalue weighted by Gasteiger charge is -2.05. The van der Waals surface area contributed by atoms with E-state index in [-0.39, 0.29) is 11.5 Å². The summed E-state index contributed by atoms with van der Waals surface area (Å²) in [4.78, 5) is 0. The zero-order valence-electron chi connectivity index (χ0n) is 7.24. The lowest BCUT2D eigenvalue weighted by molar-refractivity contribution is 0.401. The Morgan fingerprint density at radius 3 is 2.85 bits per heavy atom. The highest BCUT2D eigenvalue weighted by Crippen LogP contribution is 2.38. The Balaban J connectivity index is 2.87. The highest BCUT2D eigenvalue weighted by molar-refractivity contribution is 7.17. The zero-order chi connectivity index (χ0) is 9.42. The van der Waals surface area contributed by atoms with E-state index in [4.69, 9.17) is 0 Å². The molecule has 1 heterocycles. The molecule has 2 N–H and O–H groups in total. The maximum Gasteiger partial charge on any atom is 0.161 e. The van der Waals surface area contributed by atoms with Gasteiger partial charge in [0.1, 0.15) is 0 Å². The van der Waals surface area contributed by atoms with Crippen molar-refractivity contribution >= 4 is 21.4 Å². The molecule has 0 atom stereocenters. The molecule has 2 aromatic rings. The van der Waals surface area contributed by atoms with Crippen LogP contribution in [0.15, 0.2) is 17.5 Å². The molecule has 0 saturated heterocycles. The number of fused-ring (bicyclic) bond motifs is 1. The van der Waals surface area contributed by atoms with Crippen LogP contribution < -0.4 is 0 Å². The molecule has 0 aliphatic rings. The summed E-state index contributed by atoms with van der Waals surface area (Å²) < 4.78 is 1.02. The van der Waals surface area contributed by atoms with Crippen molar-refractivity contribution in [1.82, 2.24) is 0 Å². The van der Waals surface area contributed by atoms with Gasteiger partial charge in [-0.3, -0.25) is 0 Å². The van der Waals surface area contributed by atoms with Crippen molar-refractivity contribution in [3.8, 4) is 11.5 Å². The first-order valence-corrected chi connectivity index (χ1v) is 5.03. The largest absolute Gasteiger partial charge is 0.504 e. The summed E-state index contributed by atoms with van der Waals surface area (Å²) in [6.07, 6.45) is 0.730. The van der Waals surface area contributed by atoms with Gasteiger partial charge in [0.15, 0.2) is 11.5 Å². The Morgan fingerprint density at radius 2 is 2.15 bits per heavy atom. The maximum absolute atomic E-state index is 9.57. The minimum absolute atomic E-state index is 0.0215. The molecule has 1 aromatic carbocycles. The van der Waals surface area contributed by atoms with Gasteiger partial charge in [-0.2, -0.15) is 0 Å². The molecule has 2 rings (SSSR count). The van der Waals surface area contributed by atoms with E-state index in [1.807, 2.05) is 18.4 Å². The van der Waals surface area contributed by atoms with Crippen molar-refractivity contribution in [2.24, 2.45) is 0 Å². The molecule has 1 aromatic heterocycles. The van der Waals surface area contributed by atoms with Crippen molar-refractivity contribution < 1.29 is 10.2 Å². The summed E-state index contributed by atoms with van der Waals surface area (Å²) in [5.41, 5.74) is 0.830. The molecule has 0 radical (unpaired) electrons. The molecule has 0 unspecified atom stereocenters. The lowest BCUT2D eigenvalue weighted by atomic mass is 10.1. The molecule has 0 fully saturated rings. The Kier molecular flexibility index (Phi) is 1.88. The van der Waals surface area contributed by atoms with Crippen LogP contribution in [0.4, 0.5) is 0 Å². The summed E-state index contributed by atoms with van der Waals surface area (Å²) in [7, 11) is 0. The number of benzene rings is 1.